The molecule has 3 heterocycles. The van der Waals surface area contributed by atoms with Gasteiger partial charge < -0.3 is 15.5 Å². The quantitative estimate of drug-likeness (QED) is 0.661. The fourth-order valence-electron chi connectivity index (χ4n) is 3.40. The van der Waals surface area contributed by atoms with Gasteiger partial charge in [-0.25, -0.2) is 4.98 Å². The van der Waals surface area contributed by atoms with Crippen molar-refractivity contribution in [3.63, 3.8) is 0 Å². The fourth-order valence-corrected chi connectivity index (χ4v) is 5.00. The van der Waals surface area contributed by atoms with E-state index in [-0.39, 0.29) is 23.6 Å². The average molecular weight is 429 g/mol. The SMILES string of the molecule is CC(=O)Nc1ccc2nc(NC(=O)C3CCCN(C(=O)c4cccs4)C3)sc2c1. The Morgan fingerprint density at radius 2 is 2.07 bits per heavy atom. The van der Waals surface area contributed by atoms with Crippen LogP contribution < -0.4 is 10.6 Å². The van der Waals surface area contributed by atoms with Crippen LogP contribution in [0.2, 0.25) is 0 Å². The number of carbonyl (C=O) groups is 3. The van der Waals surface area contributed by atoms with E-state index in [1.807, 2.05) is 29.6 Å². The van der Waals surface area contributed by atoms with Crippen LogP contribution in [0.25, 0.3) is 10.2 Å². The van der Waals surface area contributed by atoms with E-state index in [0.717, 1.165) is 23.1 Å². The molecule has 0 radical (unpaired) electrons. The first-order valence-electron chi connectivity index (χ1n) is 9.31. The van der Waals surface area contributed by atoms with Crippen LogP contribution in [-0.4, -0.2) is 40.7 Å². The molecule has 0 bridgehead atoms. The van der Waals surface area contributed by atoms with E-state index in [0.29, 0.717) is 28.8 Å². The molecule has 0 saturated carbocycles. The lowest BCUT2D eigenvalue weighted by Crippen LogP contribution is -2.43. The molecule has 3 aromatic rings. The van der Waals surface area contributed by atoms with Crippen LogP contribution in [0.3, 0.4) is 0 Å². The van der Waals surface area contributed by atoms with Crippen molar-refractivity contribution in [2.24, 2.45) is 5.92 Å². The molecule has 9 heteroatoms. The highest BCUT2D eigenvalue weighted by Crippen LogP contribution is 2.29. The molecule has 7 nitrogen and oxygen atoms in total. The Hall–Kier alpha value is -2.78. The fraction of sp³-hybridized carbons (Fsp3) is 0.300. The Kier molecular flexibility index (Phi) is 5.59. The number of hydrogen-bond donors (Lipinski definition) is 2. The average Bonchev–Trinajstić information content (AvgIpc) is 3.36. The summed E-state index contributed by atoms with van der Waals surface area (Å²) < 4.78 is 0.879. The normalized spacial score (nSPS) is 16.6. The third-order valence-electron chi connectivity index (χ3n) is 4.75. The summed E-state index contributed by atoms with van der Waals surface area (Å²) >= 11 is 2.78. The predicted molar refractivity (Wildman–Crippen MR) is 115 cm³/mol. The first-order valence-corrected chi connectivity index (χ1v) is 11.0. The van der Waals surface area contributed by atoms with E-state index in [9.17, 15) is 14.4 Å². The molecule has 3 amide bonds. The monoisotopic (exact) mass is 428 g/mol. The topological polar surface area (TPSA) is 91.4 Å². The molecule has 0 spiro atoms. The number of fused-ring (bicyclic) bond motifs is 1. The molecule has 1 aliphatic heterocycles. The van der Waals surface area contributed by atoms with Gasteiger partial charge in [-0.05, 0) is 42.5 Å². The van der Waals surface area contributed by atoms with Crippen LogP contribution in [0.5, 0.6) is 0 Å². The second-order valence-corrected chi connectivity index (χ2v) is 8.92. The number of hydrogen-bond acceptors (Lipinski definition) is 6. The lowest BCUT2D eigenvalue weighted by atomic mass is 9.97. The summed E-state index contributed by atoms with van der Waals surface area (Å²) in [5, 5.41) is 8.04. The van der Waals surface area contributed by atoms with Gasteiger partial charge in [-0.1, -0.05) is 17.4 Å². The van der Waals surface area contributed by atoms with Crippen molar-refractivity contribution in [1.29, 1.82) is 0 Å². The van der Waals surface area contributed by atoms with Crippen molar-refractivity contribution in [2.75, 3.05) is 23.7 Å². The number of piperidine rings is 1. The van der Waals surface area contributed by atoms with Crippen molar-refractivity contribution in [3.05, 3.63) is 40.6 Å². The molecule has 1 aromatic carbocycles. The summed E-state index contributed by atoms with van der Waals surface area (Å²) in [6.45, 7) is 2.55. The zero-order valence-corrected chi connectivity index (χ0v) is 17.4. The van der Waals surface area contributed by atoms with Crippen LogP contribution in [-0.2, 0) is 9.59 Å². The van der Waals surface area contributed by atoms with Crippen LogP contribution >= 0.6 is 22.7 Å². The van der Waals surface area contributed by atoms with Gasteiger partial charge in [0.05, 0.1) is 21.0 Å². The second-order valence-electron chi connectivity index (χ2n) is 6.94. The summed E-state index contributed by atoms with van der Waals surface area (Å²) in [4.78, 5) is 43.5. The van der Waals surface area contributed by atoms with Crippen molar-refractivity contribution in [3.8, 4) is 0 Å². The smallest absolute Gasteiger partial charge is 0.263 e. The Morgan fingerprint density at radius 3 is 2.83 bits per heavy atom. The molecule has 4 rings (SSSR count). The Balaban J connectivity index is 1.43. The number of likely N-dealkylation sites (tertiary alicyclic amines) is 1. The minimum absolute atomic E-state index is 0.0111. The van der Waals surface area contributed by atoms with E-state index in [2.05, 4.69) is 15.6 Å². The van der Waals surface area contributed by atoms with Gasteiger partial charge in [-0.15, -0.1) is 11.3 Å². The highest BCUT2D eigenvalue weighted by atomic mass is 32.1. The Labute approximate surface area is 175 Å². The molecule has 29 heavy (non-hydrogen) atoms. The van der Waals surface area contributed by atoms with Gasteiger partial charge >= 0.3 is 0 Å². The maximum atomic E-state index is 12.8. The number of aromatic nitrogens is 1. The van der Waals surface area contributed by atoms with Crippen LogP contribution in [0.4, 0.5) is 10.8 Å². The summed E-state index contributed by atoms with van der Waals surface area (Å²) in [5.41, 5.74) is 1.46. The molecule has 0 aliphatic carbocycles. The third kappa shape index (κ3) is 4.46. The van der Waals surface area contributed by atoms with Gasteiger partial charge in [-0.3, -0.25) is 14.4 Å². The van der Waals surface area contributed by atoms with E-state index in [1.165, 1.54) is 29.6 Å². The minimum atomic E-state index is -0.255. The van der Waals surface area contributed by atoms with Crippen molar-refractivity contribution < 1.29 is 14.4 Å². The zero-order chi connectivity index (χ0) is 20.4. The number of thiophene rings is 1. The molecule has 150 valence electrons. The molecular weight excluding hydrogens is 408 g/mol. The van der Waals surface area contributed by atoms with Gasteiger partial charge in [0, 0.05) is 25.7 Å². The minimum Gasteiger partial charge on any atom is -0.337 e. The lowest BCUT2D eigenvalue weighted by Gasteiger charge is -2.31. The van der Waals surface area contributed by atoms with Gasteiger partial charge in [0.15, 0.2) is 5.13 Å². The van der Waals surface area contributed by atoms with E-state index in [1.54, 1.807) is 11.0 Å². The van der Waals surface area contributed by atoms with Crippen molar-refractivity contribution in [1.82, 2.24) is 9.88 Å². The van der Waals surface area contributed by atoms with Crippen LogP contribution in [0, 0.1) is 5.92 Å². The van der Waals surface area contributed by atoms with E-state index in [4.69, 9.17) is 0 Å². The summed E-state index contributed by atoms with van der Waals surface area (Å²) in [6, 6.07) is 9.11. The van der Waals surface area contributed by atoms with Crippen molar-refractivity contribution >= 4 is 61.4 Å². The van der Waals surface area contributed by atoms with Crippen LogP contribution in [0.1, 0.15) is 29.4 Å². The van der Waals surface area contributed by atoms with Gasteiger partial charge in [0.25, 0.3) is 5.91 Å². The van der Waals surface area contributed by atoms with Crippen molar-refractivity contribution in [2.45, 2.75) is 19.8 Å². The second kappa shape index (κ2) is 8.30. The number of anilines is 2. The molecule has 1 aliphatic rings. The summed E-state index contributed by atoms with van der Waals surface area (Å²) in [7, 11) is 0. The largest absolute Gasteiger partial charge is 0.337 e. The Morgan fingerprint density at radius 1 is 1.21 bits per heavy atom. The number of amides is 3. The first kappa shape index (κ1) is 19.5. The molecule has 2 N–H and O–H groups in total. The highest BCUT2D eigenvalue weighted by molar-refractivity contribution is 7.22. The number of thiazole rings is 1. The molecule has 1 atom stereocenters. The lowest BCUT2D eigenvalue weighted by molar-refractivity contribution is -0.121. The van der Waals surface area contributed by atoms with Gasteiger partial charge in [0.1, 0.15) is 0 Å². The first-order chi connectivity index (χ1) is 14.0. The molecular formula is C20H20N4O3S2. The van der Waals surface area contributed by atoms with E-state index >= 15 is 0 Å². The number of benzene rings is 1. The van der Waals surface area contributed by atoms with E-state index < -0.39 is 0 Å². The number of carbonyl (C=O) groups excluding carboxylic acids is 3. The number of nitrogens with one attached hydrogen (secondary N) is 2. The predicted octanol–water partition coefficient (Wildman–Crippen LogP) is 3.81. The van der Waals surface area contributed by atoms with Gasteiger partial charge in [-0.2, -0.15) is 0 Å². The summed E-state index contributed by atoms with van der Waals surface area (Å²) in [6.07, 6.45) is 1.55. The molecule has 1 saturated heterocycles. The maximum absolute atomic E-state index is 12.8. The Bertz CT molecular complexity index is 1060. The molecule has 1 unspecified atom stereocenters. The summed E-state index contributed by atoms with van der Waals surface area (Å²) in [5.74, 6) is -0.520. The van der Waals surface area contributed by atoms with Crippen LogP contribution in [0.15, 0.2) is 35.7 Å². The third-order valence-corrected chi connectivity index (χ3v) is 6.54. The molecule has 2 aromatic heterocycles. The number of nitrogens with zero attached hydrogens (tertiary/aromatic N) is 2. The molecule has 1 fully saturated rings. The number of rotatable bonds is 4. The standard InChI is InChI=1S/C20H20N4O3S2/c1-12(25)21-14-6-7-15-17(10-14)29-20(22-15)23-18(26)13-4-2-8-24(11-13)19(27)16-5-3-9-28-16/h3,5-7,9-10,13H,2,4,8,11H2,1H3,(H,21,25)(H,22,23,26). The van der Waals surface area contributed by atoms with Gasteiger partial charge in [0.2, 0.25) is 11.8 Å². The maximum Gasteiger partial charge on any atom is 0.263 e. The zero-order valence-electron chi connectivity index (χ0n) is 15.8. The highest BCUT2D eigenvalue weighted by Gasteiger charge is 2.29.